The molecule has 42 valence electrons. The first-order valence-corrected chi connectivity index (χ1v) is 1.52. The van der Waals surface area contributed by atoms with Gasteiger partial charge in [-0.05, 0) is 0 Å². The summed E-state index contributed by atoms with van der Waals surface area (Å²) < 4.78 is 0. The minimum absolute atomic E-state index is 0. The summed E-state index contributed by atoms with van der Waals surface area (Å²) in [7, 11) is 0. The fraction of sp³-hybridized carbons (Fsp3) is 0. The van der Waals surface area contributed by atoms with Gasteiger partial charge in [-0.1, -0.05) is 5.59 Å². The third kappa shape index (κ3) is 1.52. The molecule has 1 rings (SSSR count). The maximum atomic E-state index is 5.05. The molecule has 0 aromatic heterocycles. The fourth-order valence-corrected chi connectivity index (χ4v) is 0.218. The SMILES string of the molecule is Cl.NC1=CNNO1. The molecule has 0 aromatic carbocycles. The molecule has 0 amide bonds. The summed E-state index contributed by atoms with van der Waals surface area (Å²) >= 11 is 0. The molecule has 0 aromatic rings. The highest BCUT2D eigenvalue weighted by Crippen LogP contribution is 1.82. The van der Waals surface area contributed by atoms with Crippen LogP contribution in [0.15, 0.2) is 12.1 Å². The molecule has 0 aliphatic carbocycles. The van der Waals surface area contributed by atoms with Crippen LogP contribution >= 0.6 is 12.4 Å². The van der Waals surface area contributed by atoms with E-state index >= 15 is 0 Å². The third-order valence-electron chi connectivity index (χ3n) is 0.442. The molecule has 5 heteroatoms. The minimum atomic E-state index is 0. The summed E-state index contributed by atoms with van der Waals surface area (Å²) in [6, 6.07) is 0. The van der Waals surface area contributed by atoms with Gasteiger partial charge in [0.25, 0.3) is 0 Å². The lowest BCUT2D eigenvalue weighted by Crippen LogP contribution is -2.18. The molecule has 0 saturated carbocycles. The Hall–Kier alpha value is -0.610. The van der Waals surface area contributed by atoms with Crippen molar-refractivity contribution >= 4 is 12.4 Å². The molecule has 0 radical (unpaired) electrons. The van der Waals surface area contributed by atoms with Crippen LogP contribution in [0.2, 0.25) is 0 Å². The molecule has 1 aliphatic rings. The van der Waals surface area contributed by atoms with Crippen molar-refractivity contribution in [2.24, 2.45) is 5.73 Å². The number of hydrazine groups is 1. The Morgan fingerprint density at radius 3 is 2.57 bits per heavy atom. The molecular weight excluding hydrogens is 117 g/mol. The Morgan fingerprint density at radius 2 is 2.43 bits per heavy atom. The second-order valence-electron chi connectivity index (χ2n) is 0.895. The molecule has 4 N–H and O–H groups in total. The van der Waals surface area contributed by atoms with Crippen molar-refractivity contribution < 1.29 is 4.84 Å². The van der Waals surface area contributed by atoms with Gasteiger partial charge in [-0.15, -0.1) is 12.4 Å². The van der Waals surface area contributed by atoms with Crippen molar-refractivity contribution in [2.45, 2.75) is 0 Å². The van der Waals surface area contributed by atoms with E-state index in [-0.39, 0.29) is 12.4 Å². The zero-order valence-corrected chi connectivity index (χ0v) is 4.29. The van der Waals surface area contributed by atoms with Crippen LogP contribution in [0.4, 0.5) is 0 Å². The van der Waals surface area contributed by atoms with Crippen molar-refractivity contribution in [2.75, 3.05) is 0 Å². The van der Waals surface area contributed by atoms with Crippen LogP contribution in [-0.4, -0.2) is 0 Å². The van der Waals surface area contributed by atoms with Crippen LogP contribution in [0, 0.1) is 0 Å². The lowest BCUT2D eigenvalue weighted by Gasteiger charge is -1.89. The summed E-state index contributed by atoms with van der Waals surface area (Å²) in [6.45, 7) is 0. The van der Waals surface area contributed by atoms with E-state index in [1.54, 1.807) is 0 Å². The number of rotatable bonds is 0. The zero-order valence-electron chi connectivity index (χ0n) is 3.47. The molecule has 0 unspecified atom stereocenters. The maximum Gasteiger partial charge on any atom is 0.229 e. The first-order valence-electron chi connectivity index (χ1n) is 1.52. The standard InChI is InChI=1S/C2H5N3O.ClH/c3-2-1-4-5-6-2;/h1,4-5H,3H2;1H. The largest absolute Gasteiger partial charge is 0.370 e. The van der Waals surface area contributed by atoms with Crippen molar-refractivity contribution in [3.63, 3.8) is 0 Å². The van der Waals surface area contributed by atoms with Crippen LogP contribution < -0.4 is 16.7 Å². The van der Waals surface area contributed by atoms with E-state index in [1.165, 1.54) is 6.20 Å². The number of halogens is 1. The summed E-state index contributed by atoms with van der Waals surface area (Å²) in [5, 5.41) is 0. The summed E-state index contributed by atoms with van der Waals surface area (Å²) in [4.78, 5) is 4.43. The van der Waals surface area contributed by atoms with Gasteiger partial charge in [0, 0.05) is 0 Å². The number of nitrogens with one attached hydrogen (secondary N) is 2. The van der Waals surface area contributed by atoms with Gasteiger partial charge in [-0.3, -0.25) is 5.43 Å². The maximum absolute atomic E-state index is 5.05. The average Bonchev–Trinajstić information content (AvgIpc) is 1.86. The minimum Gasteiger partial charge on any atom is -0.370 e. The Balaban J connectivity index is 0.000000360. The van der Waals surface area contributed by atoms with Crippen molar-refractivity contribution in [1.29, 1.82) is 0 Å². The molecule has 0 atom stereocenters. The smallest absolute Gasteiger partial charge is 0.229 e. The molecule has 0 saturated heterocycles. The van der Waals surface area contributed by atoms with Crippen LogP contribution in [-0.2, 0) is 4.84 Å². The Kier molecular flexibility index (Phi) is 2.32. The Labute approximate surface area is 47.0 Å². The Bertz CT molecular complexity index is 83.0. The number of hydrogen-bond donors (Lipinski definition) is 3. The van der Waals surface area contributed by atoms with Crippen LogP contribution in [0.25, 0.3) is 0 Å². The van der Waals surface area contributed by atoms with Gasteiger partial charge in [-0.25, -0.2) is 0 Å². The molecule has 4 nitrogen and oxygen atoms in total. The van der Waals surface area contributed by atoms with Gasteiger partial charge < -0.3 is 10.6 Å². The van der Waals surface area contributed by atoms with Gasteiger partial charge in [0.1, 0.15) is 0 Å². The van der Waals surface area contributed by atoms with Gasteiger partial charge >= 0.3 is 0 Å². The van der Waals surface area contributed by atoms with Gasteiger partial charge in [-0.2, -0.15) is 0 Å². The van der Waals surface area contributed by atoms with Crippen molar-refractivity contribution in [1.82, 2.24) is 11.0 Å². The summed E-state index contributed by atoms with van der Waals surface area (Å²) in [5.41, 5.74) is 9.87. The predicted octanol–water partition coefficient (Wildman–Crippen LogP) is -0.795. The van der Waals surface area contributed by atoms with E-state index in [0.717, 1.165) is 0 Å². The van der Waals surface area contributed by atoms with E-state index in [2.05, 4.69) is 15.9 Å². The average molecular weight is 124 g/mol. The molecule has 1 heterocycles. The van der Waals surface area contributed by atoms with E-state index in [1.807, 2.05) is 0 Å². The molecule has 0 fully saturated rings. The van der Waals surface area contributed by atoms with Crippen LogP contribution in [0.3, 0.4) is 0 Å². The quantitative estimate of drug-likeness (QED) is 0.395. The number of hydrogen-bond acceptors (Lipinski definition) is 4. The molecule has 0 spiro atoms. The van der Waals surface area contributed by atoms with E-state index < -0.39 is 0 Å². The monoisotopic (exact) mass is 123 g/mol. The second-order valence-corrected chi connectivity index (χ2v) is 0.895. The first kappa shape index (κ1) is 6.39. The summed E-state index contributed by atoms with van der Waals surface area (Å²) in [6.07, 6.45) is 1.51. The van der Waals surface area contributed by atoms with Crippen molar-refractivity contribution in [3.05, 3.63) is 12.1 Å². The van der Waals surface area contributed by atoms with Gasteiger partial charge in [0.05, 0.1) is 6.20 Å². The highest BCUT2D eigenvalue weighted by Gasteiger charge is 1.93. The van der Waals surface area contributed by atoms with Crippen LogP contribution in [0.5, 0.6) is 0 Å². The fourth-order valence-electron chi connectivity index (χ4n) is 0.218. The van der Waals surface area contributed by atoms with Gasteiger partial charge in [0.2, 0.25) is 5.88 Å². The van der Waals surface area contributed by atoms with E-state index in [9.17, 15) is 0 Å². The highest BCUT2D eigenvalue weighted by atomic mass is 35.5. The molecular formula is C2H6ClN3O. The van der Waals surface area contributed by atoms with Crippen LogP contribution in [0.1, 0.15) is 0 Å². The van der Waals surface area contributed by atoms with E-state index in [0.29, 0.717) is 5.88 Å². The highest BCUT2D eigenvalue weighted by molar-refractivity contribution is 5.85. The lowest BCUT2D eigenvalue weighted by atomic mass is 10.9. The third-order valence-corrected chi connectivity index (χ3v) is 0.442. The Morgan fingerprint density at radius 1 is 1.71 bits per heavy atom. The molecule has 1 aliphatic heterocycles. The normalized spacial score (nSPS) is 15.7. The summed E-state index contributed by atoms with van der Waals surface area (Å²) in [5.74, 6) is 0.356. The van der Waals surface area contributed by atoms with Crippen molar-refractivity contribution in [3.8, 4) is 0 Å². The topological polar surface area (TPSA) is 59.3 Å². The number of nitrogens with two attached hydrogens (primary N) is 1. The predicted molar refractivity (Wildman–Crippen MR) is 26.9 cm³/mol. The zero-order chi connectivity index (χ0) is 4.41. The first-order chi connectivity index (χ1) is 2.89. The molecule has 0 bridgehead atoms. The second kappa shape index (κ2) is 2.54. The van der Waals surface area contributed by atoms with Gasteiger partial charge in [0.15, 0.2) is 0 Å². The molecule has 7 heavy (non-hydrogen) atoms. The lowest BCUT2D eigenvalue weighted by molar-refractivity contribution is 0.110. The van der Waals surface area contributed by atoms with E-state index in [4.69, 9.17) is 5.73 Å².